The van der Waals surface area contributed by atoms with E-state index in [4.69, 9.17) is 0 Å². The van der Waals surface area contributed by atoms with E-state index in [1.165, 1.54) is 35.2 Å². The highest BCUT2D eigenvalue weighted by atomic mass is 79.9. The van der Waals surface area contributed by atoms with Gasteiger partial charge in [0, 0.05) is 6.42 Å². The third kappa shape index (κ3) is 3.82. The zero-order chi connectivity index (χ0) is 17.8. The van der Waals surface area contributed by atoms with E-state index < -0.39 is 7.26 Å². The minimum atomic E-state index is -1.71. The topological polar surface area (TPSA) is 0 Å². The van der Waals surface area contributed by atoms with Crippen molar-refractivity contribution in [2.24, 2.45) is 0 Å². The Labute approximate surface area is 174 Å². The predicted molar refractivity (Wildman–Crippen MR) is 117 cm³/mol. The van der Waals surface area contributed by atoms with Gasteiger partial charge in [0.2, 0.25) is 0 Å². The number of hydrogen-bond acceptors (Lipinski definition) is 0. The lowest BCUT2D eigenvalue weighted by Crippen LogP contribution is -3.00. The molecule has 2 heteroatoms. The van der Waals surface area contributed by atoms with Gasteiger partial charge in [0.05, 0.1) is 5.66 Å². The number of hydrogen-bond donors (Lipinski definition) is 0. The van der Waals surface area contributed by atoms with Gasteiger partial charge in [-0.15, -0.1) is 0 Å². The summed E-state index contributed by atoms with van der Waals surface area (Å²) in [4.78, 5) is 0. The van der Waals surface area contributed by atoms with Gasteiger partial charge in [0.1, 0.15) is 23.2 Å². The second kappa shape index (κ2) is 9.00. The molecule has 1 aliphatic carbocycles. The van der Waals surface area contributed by atoms with Crippen LogP contribution in [0, 0.1) is 0 Å². The maximum Gasteiger partial charge on any atom is 0.115 e. The van der Waals surface area contributed by atoms with Gasteiger partial charge >= 0.3 is 0 Å². The van der Waals surface area contributed by atoms with Gasteiger partial charge in [-0.3, -0.25) is 0 Å². The van der Waals surface area contributed by atoms with Crippen LogP contribution in [0.5, 0.6) is 0 Å². The van der Waals surface area contributed by atoms with Crippen molar-refractivity contribution in [3.63, 3.8) is 0 Å². The molecule has 0 spiro atoms. The first-order valence-corrected chi connectivity index (χ1v) is 11.4. The monoisotopic (exact) mass is 436 g/mol. The van der Waals surface area contributed by atoms with Crippen LogP contribution in [0.4, 0.5) is 0 Å². The largest absolute Gasteiger partial charge is 1.00 e. The summed E-state index contributed by atoms with van der Waals surface area (Å²) in [6, 6.07) is 33.9. The first-order valence-electron chi connectivity index (χ1n) is 9.53. The Morgan fingerprint density at radius 1 is 0.667 bits per heavy atom. The van der Waals surface area contributed by atoms with Crippen LogP contribution in [-0.2, 0) is 0 Å². The minimum Gasteiger partial charge on any atom is -1.00 e. The van der Waals surface area contributed by atoms with Gasteiger partial charge in [-0.2, -0.15) is 0 Å². The highest BCUT2D eigenvalue weighted by Crippen LogP contribution is 2.63. The molecule has 1 atom stereocenters. The van der Waals surface area contributed by atoms with Crippen molar-refractivity contribution < 1.29 is 17.0 Å². The predicted octanol–water partition coefficient (Wildman–Crippen LogP) is 2.48. The SMILES string of the molecule is CC1=CCCC([P+](c2ccccc2)(c2ccccc2)c2ccccc2)C1.[Br-]. The minimum absolute atomic E-state index is 0. The molecule has 0 saturated carbocycles. The Morgan fingerprint density at radius 2 is 1.07 bits per heavy atom. The first kappa shape index (κ1) is 20.1. The highest BCUT2D eigenvalue weighted by molar-refractivity contribution is 7.96. The van der Waals surface area contributed by atoms with Gasteiger partial charge in [0.25, 0.3) is 0 Å². The Morgan fingerprint density at radius 3 is 1.44 bits per heavy atom. The van der Waals surface area contributed by atoms with E-state index >= 15 is 0 Å². The van der Waals surface area contributed by atoms with Crippen molar-refractivity contribution in [2.75, 3.05) is 0 Å². The number of allylic oxidation sites excluding steroid dienone is 2. The molecule has 0 radical (unpaired) electrons. The van der Waals surface area contributed by atoms with Crippen molar-refractivity contribution in [2.45, 2.75) is 31.8 Å². The van der Waals surface area contributed by atoms with E-state index in [1.54, 1.807) is 5.57 Å². The van der Waals surface area contributed by atoms with E-state index in [2.05, 4.69) is 104 Å². The van der Waals surface area contributed by atoms with Gasteiger partial charge in [0.15, 0.2) is 0 Å². The van der Waals surface area contributed by atoms with E-state index in [1.807, 2.05) is 0 Å². The van der Waals surface area contributed by atoms with Gasteiger partial charge in [-0.25, -0.2) is 0 Å². The van der Waals surface area contributed by atoms with Crippen molar-refractivity contribution in [3.8, 4) is 0 Å². The summed E-state index contributed by atoms with van der Waals surface area (Å²) in [5, 5.41) is 4.53. The smallest absolute Gasteiger partial charge is 0.115 e. The molecule has 0 bridgehead atoms. The normalized spacial score (nSPS) is 16.9. The third-order valence-corrected chi connectivity index (χ3v) is 10.5. The quantitative estimate of drug-likeness (QED) is 0.435. The van der Waals surface area contributed by atoms with E-state index in [0.717, 1.165) is 0 Å². The van der Waals surface area contributed by atoms with Crippen LogP contribution in [0.1, 0.15) is 26.2 Å². The number of halogens is 1. The van der Waals surface area contributed by atoms with Crippen LogP contribution in [0.15, 0.2) is 103 Å². The van der Waals surface area contributed by atoms with E-state index in [9.17, 15) is 0 Å². The molecule has 0 heterocycles. The zero-order valence-corrected chi connectivity index (χ0v) is 18.2. The van der Waals surface area contributed by atoms with Crippen LogP contribution < -0.4 is 32.9 Å². The van der Waals surface area contributed by atoms with Crippen LogP contribution in [0.3, 0.4) is 0 Å². The average molecular weight is 437 g/mol. The lowest BCUT2D eigenvalue weighted by Gasteiger charge is -2.36. The van der Waals surface area contributed by atoms with Crippen molar-refractivity contribution >= 4 is 23.2 Å². The summed E-state index contributed by atoms with van der Waals surface area (Å²) in [5.74, 6) is 0. The van der Waals surface area contributed by atoms with E-state index in [-0.39, 0.29) is 17.0 Å². The second-order valence-electron chi connectivity index (χ2n) is 7.22. The molecule has 0 aliphatic heterocycles. The van der Waals surface area contributed by atoms with Crippen LogP contribution in [-0.4, -0.2) is 5.66 Å². The number of rotatable bonds is 4. The fourth-order valence-corrected chi connectivity index (χ4v) is 9.66. The van der Waals surface area contributed by atoms with Crippen molar-refractivity contribution in [3.05, 3.63) is 103 Å². The van der Waals surface area contributed by atoms with Crippen LogP contribution >= 0.6 is 7.26 Å². The van der Waals surface area contributed by atoms with Crippen LogP contribution in [0.25, 0.3) is 0 Å². The molecular formula is C25H26BrP. The van der Waals surface area contributed by atoms with Gasteiger partial charge in [-0.05, 0) is 56.2 Å². The van der Waals surface area contributed by atoms with Crippen LogP contribution in [0.2, 0.25) is 0 Å². The first-order chi connectivity index (χ1) is 12.8. The summed E-state index contributed by atoms with van der Waals surface area (Å²) in [7, 11) is -1.71. The lowest BCUT2D eigenvalue weighted by molar-refractivity contribution is -0.00000513. The molecule has 0 fully saturated rings. The molecular weight excluding hydrogens is 411 g/mol. The third-order valence-electron chi connectivity index (χ3n) is 5.59. The molecule has 3 aromatic carbocycles. The summed E-state index contributed by atoms with van der Waals surface area (Å²) < 4.78 is 0. The Kier molecular flexibility index (Phi) is 6.68. The fraction of sp³-hybridized carbons (Fsp3) is 0.200. The Bertz CT molecular complexity index is 775. The molecule has 27 heavy (non-hydrogen) atoms. The van der Waals surface area contributed by atoms with Crippen molar-refractivity contribution in [1.29, 1.82) is 0 Å². The molecule has 0 N–H and O–H groups in total. The molecule has 1 unspecified atom stereocenters. The van der Waals surface area contributed by atoms with E-state index in [0.29, 0.717) is 5.66 Å². The molecule has 138 valence electrons. The standard InChI is InChI=1S/C25H26P.BrH/c1-21-12-11-19-25(20-21)26(22-13-5-2-6-14-22,23-15-7-3-8-16-23)24-17-9-4-10-18-24;/h2-10,12-18,25H,11,19-20H2,1H3;1H/q+1;/p-1. The molecule has 1 aliphatic rings. The Balaban J connectivity index is 0.00000210. The van der Waals surface area contributed by atoms with Crippen molar-refractivity contribution in [1.82, 2.24) is 0 Å². The fourth-order valence-electron chi connectivity index (χ4n) is 4.48. The number of benzene rings is 3. The highest BCUT2D eigenvalue weighted by Gasteiger charge is 2.52. The average Bonchev–Trinajstić information content (AvgIpc) is 2.71. The molecule has 0 saturated heterocycles. The summed E-state index contributed by atoms with van der Waals surface area (Å²) in [6.45, 7) is 2.31. The Hall–Kier alpha value is -1.69. The molecule has 4 rings (SSSR count). The second-order valence-corrected chi connectivity index (χ2v) is 10.9. The molecule has 0 amide bonds. The zero-order valence-electron chi connectivity index (χ0n) is 15.8. The van der Waals surface area contributed by atoms with Gasteiger partial charge < -0.3 is 17.0 Å². The summed E-state index contributed by atoms with van der Waals surface area (Å²) >= 11 is 0. The lowest BCUT2D eigenvalue weighted by atomic mass is 10.0. The molecule has 0 nitrogen and oxygen atoms in total. The summed E-state index contributed by atoms with van der Waals surface area (Å²) in [5.41, 5.74) is 2.22. The molecule has 0 aromatic heterocycles. The molecule has 3 aromatic rings. The summed E-state index contributed by atoms with van der Waals surface area (Å²) in [6.07, 6.45) is 6.10. The maximum absolute atomic E-state index is 2.44. The van der Waals surface area contributed by atoms with Gasteiger partial charge in [-0.1, -0.05) is 66.2 Å². The maximum atomic E-state index is 2.44.